The third-order valence-corrected chi connectivity index (χ3v) is 4.99. The van der Waals surface area contributed by atoms with Crippen LogP contribution in [-0.4, -0.2) is 35.8 Å². The van der Waals surface area contributed by atoms with Crippen LogP contribution in [0.2, 0.25) is 0 Å². The number of rotatable bonds is 5. The maximum absolute atomic E-state index is 13.5. The molecule has 1 aliphatic rings. The van der Waals surface area contributed by atoms with Crippen molar-refractivity contribution in [2.75, 3.05) is 13.7 Å². The third kappa shape index (κ3) is 4.39. The van der Waals surface area contributed by atoms with Crippen LogP contribution in [0.15, 0.2) is 36.4 Å². The van der Waals surface area contributed by atoms with E-state index < -0.39 is 23.3 Å². The first kappa shape index (κ1) is 20.8. The molecular formula is C22H23F2NO4. The molecule has 0 saturated heterocycles. The molecule has 1 heterocycles. The quantitative estimate of drug-likeness (QED) is 0.747. The molecule has 5 nitrogen and oxygen atoms in total. The summed E-state index contributed by atoms with van der Waals surface area (Å²) in [5.74, 6) is -1.68. The molecule has 2 aromatic rings. The van der Waals surface area contributed by atoms with Crippen LogP contribution in [-0.2, 0) is 4.79 Å². The highest BCUT2D eigenvalue weighted by Gasteiger charge is 2.34. The Bertz CT molecular complexity index is 958. The molecule has 0 bridgehead atoms. The molecule has 0 fully saturated rings. The van der Waals surface area contributed by atoms with E-state index in [0.29, 0.717) is 16.9 Å². The van der Waals surface area contributed by atoms with E-state index >= 15 is 0 Å². The van der Waals surface area contributed by atoms with Crippen LogP contribution in [0.5, 0.6) is 11.5 Å². The van der Waals surface area contributed by atoms with Crippen molar-refractivity contribution < 1.29 is 27.8 Å². The third-order valence-electron chi connectivity index (χ3n) is 4.99. The maximum Gasteiger partial charge on any atom is 0.260 e. The summed E-state index contributed by atoms with van der Waals surface area (Å²) in [4.78, 5) is 26.5. The Hall–Kier alpha value is -2.96. The number of amides is 1. The molecule has 1 unspecified atom stereocenters. The van der Waals surface area contributed by atoms with Crippen molar-refractivity contribution in [2.24, 2.45) is 0 Å². The lowest BCUT2D eigenvalue weighted by molar-refractivity contribution is -0.134. The van der Waals surface area contributed by atoms with Gasteiger partial charge in [-0.3, -0.25) is 9.59 Å². The Morgan fingerprint density at radius 1 is 1.24 bits per heavy atom. The number of halogens is 2. The number of fused-ring (bicyclic) bond motifs is 1. The molecule has 1 aliphatic heterocycles. The molecule has 29 heavy (non-hydrogen) atoms. The van der Waals surface area contributed by atoms with E-state index in [4.69, 9.17) is 9.47 Å². The molecule has 3 rings (SSSR count). The predicted molar refractivity (Wildman–Crippen MR) is 103 cm³/mol. The average Bonchev–Trinajstić information content (AvgIpc) is 2.65. The number of benzene rings is 2. The van der Waals surface area contributed by atoms with E-state index in [9.17, 15) is 18.4 Å². The second-order valence-electron chi connectivity index (χ2n) is 7.73. The van der Waals surface area contributed by atoms with Crippen LogP contribution in [0.4, 0.5) is 8.78 Å². The summed E-state index contributed by atoms with van der Waals surface area (Å²) in [7, 11) is 1.55. The van der Waals surface area contributed by atoms with Gasteiger partial charge in [0.15, 0.2) is 24.0 Å². The van der Waals surface area contributed by atoms with Crippen molar-refractivity contribution in [3.05, 3.63) is 59.2 Å². The second-order valence-corrected chi connectivity index (χ2v) is 7.73. The normalized spacial score (nSPS) is 15.9. The number of likely N-dealkylation sites (N-methyl/N-ethyl adjacent to an activating group) is 1. The summed E-state index contributed by atoms with van der Waals surface area (Å²) < 4.78 is 38.1. The zero-order valence-electron chi connectivity index (χ0n) is 16.8. The summed E-state index contributed by atoms with van der Waals surface area (Å²) in [6.07, 6.45) is 0.210. The topological polar surface area (TPSA) is 55.8 Å². The standard InChI is InChI=1S/C22H23F2NO4/c1-13(14-8-9-15(23)16(24)10-14)25(4)20(27)12-28-18-6-5-7-19-21(18)17(26)11-22(2,3)29-19/h5-10,13H,11-12H2,1-4H3. The van der Waals surface area contributed by atoms with E-state index in [0.717, 1.165) is 12.1 Å². The number of hydrogen-bond acceptors (Lipinski definition) is 4. The number of carbonyl (C=O) groups excluding carboxylic acids is 2. The molecule has 0 saturated carbocycles. The summed E-state index contributed by atoms with van der Waals surface area (Å²) in [5, 5.41) is 0. The molecule has 0 spiro atoms. The van der Waals surface area contributed by atoms with Crippen molar-refractivity contribution in [1.29, 1.82) is 0 Å². The summed E-state index contributed by atoms with van der Waals surface area (Å²) in [5.41, 5.74) is 0.192. The van der Waals surface area contributed by atoms with Crippen molar-refractivity contribution in [3.63, 3.8) is 0 Å². The minimum Gasteiger partial charge on any atom is -0.486 e. The van der Waals surface area contributed by atoms with Crippen LogP contribution in [0.1, 0.15) is 49.2 Å². The van der Waals surface area contributed by atoms with Crippen LogP contribution in [0, 0.1) is 11.6 Å². The fourth-order valence-corrected chi connectivity index (χ4v) is 3.25. The van der Waals surface area contributed by atoms with Gasteiger partial charge in [-0.25, -0.2) is 8.78 Å². The first-order valence-electron chi connectivity index (χ1n) is 9.28. The Kier molecular flexibility index (Phi) is 5.59. The molecule has 154 valence electrons. The summed E-state index contributed by atoms with van der Waals surface area (Å²) in [6.45, 7) is 5.06. The number of Topliss-reactive ketones (excluding diaryl/α,β-unsaturated/α-hetero) is 1. The van der Waals surface area contributed by atoms with Gasteiger partial charge in [-0.15, -0.1) is 0 Å². The molecule has 0 radical (unpaired) electrons. The molecule has 0 aromatic heterocycles. The first-order chi connectivity index (χ1) is 13.6. The monoisotopic (exact) mass is 403 g/mol. The number of hydrogen-bond donors (Lipinski definition) is 0. The van der Waals surface area contributed by atoms with Crippen molar-refractivity contribution in [2.45, 2.75) is 38.8 Å². The maximum atomic E-state index is 13.5. The highest BCUT2D eigenvalue weighted by molar-refractivity contribution is 6.02. The minimum atomic E-state index is -0.969. The van der Waals surface area contributed by atoms with Crippen LogP contribution in [0.3, 0.4) is 0 Å². The number of ketones is 1. The van der Waals surface area contributed by atoms with Crippen LogP contribution < -0.4 is 9.47 Å². The van der Waals surface area contributed by atoms with Gasteiger partial charge in [0.05, 0.1) is 12.5 Å². The first-order valence-corrected chi connectivity index (χ1v) is 9.28. The minimum absolute atomic E-state index is 0.109. The van der Waals surface area contributed by atoms with Crippen molar-refractivity contribution >= 4 is 11.7 Å². The molecule has 1 atom stereocenters. The lowest BCUT2D eigenvalue weighted by atomic mass is 9.92. The summed E-state index contributed by atoms with van der Waals surface area (Å²) >= 11 is 0. The molecule has 1 amide bonds. The Morgan fingerprint density at radius 2 is 1.97 bits per heavy atom. The fourth-order valence-electron chi connectivity index (χ4n) is 3.25. The molecule has 0 N–H and O–H groups in total. The Labute approximate surface area is 168 Å². The van der Waals surface area contributed by atoms with Gasteiger partial charge in [0.25, 0.3) is 5.91 Å². The predicted octanol–water partition coefficient (Wildman–Crippen LogP) is 4.31. The second kappa shape index (κ2) is 7.81. The van der Waals surface area contributed by atoms with Gasteiger partial charge >= 0.3 is 0 Å². The largest absolute Gasteiger partial charge is 0.486 e. The smallest absolute Gasteiger partial charge is 0.260 e. The molecular weight excluding hydrogens is 380 g/mol. The van der Waals surface area contributed by atoms with Gasteiger partial charge in [0, 0.05) is 7.05 Å². The van der Waals surface area contributed by atoms with E-state index in [1.807, 2.05) is 13.8 Å². The lowest BCUT2D eigenvalue weighted by Crippen LogP contribution is -2.36. The highest BCUT2D eigenvalue weighted by atomic mass is 19.2. The van der Waals surface area contributed by atoms with Gasteiger partial charge in [0.1, 0.15) is 22.7 Å². The zero-order valence-corrected chi connectivity index (χ0v) is 16.8. The van der Waals surface area contributed by atoms with Crippen LogP contribution >= 0.6 is 0 Å². The van der Waals surface area contributed by atoms with Crippen molar-refractivity contribution in [3.8, 4) is 11.5 Å². The average molecular weight is 403 g/mol. The number of nitrogens with zero attached hydrogens (tertiary/aromatic N) is 1. The number of carbonyl (C=O) groups is 2. The Balaban J connectivity index is 1.71. The molecule has 7 heteroatoms. The van der Waals surface area contributed by atoms with Gasteiger partial charge in [-0.05, 0) is 50.6 Å². The van der Waals surface area contributed by atoms with Crippen molar-refractivity contribution in [1.82, 2.24) is 4.90 Å². The highest BCUT2D eigenvalue weighted by Crippen LogP contribution is 2.38. The number of ether oxygens (including phenoxy) is 2. The lowest BCUT2D eigenvalue weighted by Gasteiger charge is -2.32. The Morgan fingerprint density at radius 3 is 2.66 bits per heavy atom. The van der Waals surface area contributed by atoms with Gasteiger partial charge in [-0.1, -0.05) is 12.1 Å². The van der Waals surface area contributed by atoms with E-state index in [1.54, 1.807) is 32.2 Å². The SMILES string of the molecule is CC(c1ccc(F)c(F)c1)N(C)C(=O)COc1cccc2c1C(=O)CC(C)(C)O2. The van der Waals surface area contributed by atoms with Gasteiger partial charge < -0.3 is 14.4 Å². The van der Waals surface area contributed by atoms with Gasteiger partial charge in [-0.2, -0.15) is 0 Å². The summed E-state index contributed by atoms with van der Waals surface area (Å²) in [6, 6.07) is 8.04. The molecule has 2 aromatic carbocycles. The molecule has 0 aliphatic carbocycles. The van der Waals surface area contributed by atoms with E-state index in [1.165, 1.54) is 11.0 Å². The zero-order chi connectivity index (χ0) is 21.3. The van der Waals surface area contributed by atoms with Crippen LogP contribution in [0.25, 0.3) is 0 Å². The van der Waals surface area contributed by atoms with Gasteiger partial charge in [0.2, 0.25) is 0 Å². The fraction of sp³-hybridized carbons (Fsp3) is 0.364. The van der Waals surface area contributed by atoms with E-state index in [2.05, 4.69) is 0 Å². The van der Waals surface area contributed by atoms with E-state index in [-0.39, 0.29) is 30.5 Å².